The van der Waals surface area contributed by atoms with Crippen molar-refractivity contribution in [3.05, 3.63) is 35.4 Å². The molecule has 1 atom stereocenters. The largest absolute Gasteiger partial charge is 0.297 e. The van der Waals surface area contributed by atoms with Crippen LogP contribution in [0.3, 0.4) is 0 Å². The maximum absolute atomic E-state index is 8.91. The molecule has 0 unspecified atom stereocenters. The summed E-state index contributed by atoms with van der Waals surface area (Å²) in [7, 11) is 0. The molecule has 3 nitrogen and oxygen atoms in total. The van der Waals surface area contributed by atoms with E-state index in [1.54, 1.807) is 0 Å². The molecular weight excluding hydrogens is 222 g/mol. The second-order valence-corrected chi connectivity index (χ2v) is 5.11. The molecule has 1 aromatic rings. The zero-order valence-corrected chi connectivity index (χ0v) is 11.3. The van der Waals surface area contributed by atoms with E-state index in [9.17, 15) is 0 Å². The molecule has 0 aliphatic carbocycles. The summed E-state index contributed by atoms with van der Waals surface area (Å²) in [4.78, 5) is 4.72. The average Bonchev–Trinajstić information content (AvgIpc) is 2.39. The third kappa shape index (κ3) is 3.32. The lowest BCUT2D eigenvalue weighted by atomic mass is 10.1. The molecule has 1 saturated heterocycles. The number of rotatable bonds is 3. The summed E-state index contributed by atoms with van der Waals surface area (Å²) >= 11 is 0. The van der Waals surface area contributed by atoms with Crippen molar-refractivity contribution >= 4 is 0 Å². The molecule has 0 amide bonds. The van der Waals surface area contributed by atoms with Crippen molar-refractivity contribution in [2.45, 2.75) is 26.4 Å². The molecule has 1 aliphatic heterocycles. The van der Waals surface area contributed by atoms with E-state index in [1.165, 1.54) is 11.1 Å². The maximum atomic E-state index is 8.91. The Bertz CT molecular complexity index is 428. The lowest BCUT2D eigenvalue weighted by Crippen LogP contribution is -2.48. The number of aryl methyl sites for hydroxylation is 1. The standard InChI is InChI=1S/C15H21N3/c1-13-4-3-5-15(10-13)12-17-6-8-18(9-7-17)14(2)11-16/h3-5,10,14H,6-9,12H2,1-2H3/t14-/m0/s1. The van der Waals surface area contributed by atoms with Crippen molar-refractivity contribution in [3.8, 4) is 6.07 Å². The van der Waals surface area contributed by atoms with Gasteiger partial charge in [0.05, 0.1) is 12.1 Å². The molecular formula is C15H21N3. The summed E-state index contributed by atoms with van der Waals surface area (Å²) in [5.74, 6) is 0. The third-order valence-electron chi connectivity index (χ3n) is 3.63. The van der Waals surface area contributed by atoms with Crippen LogP contribution in [0.5, 0.6) is 0 Å². The fourth-order valence-corrected chi connectivity index (χ4v) is 2.46. The van der Waals surface area contributed by atoms with Crippen LogP contribution in [0.4, 0.5) is 0 Å². The van der Waals surface area contributed by atoms with Crippen LogP contribution in [0.2, 0.25) is 0 Å². The summed E-state index contributed by atoms with van der Waals surface area (Å²) in [5.41, 5.74) is 2.71. The van der Waals surface area contributed by atoms with E-state index in [1.807, 2.05) is 6.92 Å². The van der Waals surface area contributed by atoms with E-state index >= 15 is 0 Å². The molecule has 0 radical (unpaired) electrons. The number of hydrogen-bond acceptors (Lipinski definition) is 3. The molecule has 0 aromatic heterocycles. The lowest BCUT2D eigenvalue weighted by molar-refractivity contribution is 0.114. The van der Waals surface area contributed by atoms with E-state index in [0.29, 0.717) is 0 Å². The van der Waals surface area contributed by atoms with Crippen LogP contribution in [-0.4, -0.2) is 42.0 Å². The summed E-state index contributed by atoms with van der Waals surface area (Å²) in [6.07, 6.45) is 0. The van der Waals surface area contributed by atoms with Gasteiger partial charge < -0.3 is 0 Å². The van der Waals surface area contributed by atoms with Gasteiger partial charge in [0.15, 0.2) is 0 Å². The molecule has 1 fully saturated rings. The van der Waals surface area contributed by atoms with Crippen molar-refractivity contribution in [2.75, 3.05) is 26.2 Å². The highest BCUT2D eigenvalue weighted by Gasteiger charge is 2.20. The molecule has 0 N–H and O–H groups in total. The van der Waals surface area contributed by atoms with E-state index in [2.05, 4.69) is 47.1 Å². The minimum absolute atomic E-state index is 0.0473. The van der Waals surface area contributed by atoms with Gasteiger partial charge in [-0.2, -0.15) is 5.26 Å². The predicted octanol–water partition coefficient (Wildman–Crippen LogP) is 2.02. The molecule has 2 rings (SSSR count). The second kappa shape index (κ2) is 5.99. The van der Waals surface area contributed by atoms with Gasteiger partial charge in [-0.05, 0) is 19.4 Å². The molecule has 96 valence electrons. The second-order valence-electron chi connectivity index (χ2n) is 5.11. The SMILES string of the molecule is Cc1cccc(CN2CCN([C@@H](C)C#N)CC2)c1. The van der Waals surface area contributed by atoms with Crippen LogP contribution in [-0.2, 0) is 6.54 Å². The highest BCUT2D eigenvalue weighted by molar-refractivity contribution is 5.22. The minimum atomic E-state index is 0.0473. The molecule has 3 heteroatoms. The van der Waals surface area contributed by atoms with Gasteiger partial charge in [-0.1, -0.05) is 29.8 Å². The number of benzene rings is 1. The van der Waals surface area contributed by atoms with E-state index in [4.69, 9.17) is 5.26 Å². The summed E-state index contributed by atoms with van der Waals surface area (Å²) < 4.78 is 0. The lowest BCUT2D eigenvalue weighted by Gasteiger charge is -2.35. The number of hydrogen-bond donors (Lipinski definition) is 0. The van der Waals surface area contributed by atoms with Crippen molar-refractivity contribution in [3.63, 3.8) is 0 Å². The highest BCUT2D eigenvalue weighted by Crippen LogP contribution is 2.11. The van der Waals surface area contributed by atoms with Gasteiger partial charge in [0.1, 0.15) is 0 Å². The van der Waals surface area contributed by atoms with Gasteiger partial charge in [0.25, 0.3) is 0 Å². The summed E-state index contributed by atoms with van der Waals surface area (Å²) in [6, 6.07) is 11.1. The Balaban J connectivity index is 1.86. The van der Waals surface area contributed by atoms with Crippen LogP contribution in [0.1, 0.15) is 18.1 Å². The third-order valence-corrected chi connectivity index (χ3v) is 3.63. The Hall–Kier alpha value is -1.37. The van der Waals surface area contributed by atoms with Crippen molar-refractivity contribution in [1.82, 2.24) is 9.80 Å². The Morgan fingerprint density at radius 1 is 1.28 bits per heavy atom. The Morgan fingerprint density at radius 2 is 2.00 bits per heavy atom. The normalized spacial score (nSPS) is 19.4. The van der Waals surface area contributed by atoms with Crippen LogP contribution >= 0.6 is 0 Å². The van der Waals surface area contributed by atoms with E-state index in [-0.39, 0.29) is 6.04 Å². The summed E-state index contributed by atoms with van der Waals surface area (Å²) in [6.45, 7) is 9.25. The maximum Gasteiger partial charge on any atom is 0.0950 e. The van der Waals surface area contributed by atoms with Crippen molar-refractivity contribution in [1.29, 1.82) is 5.26 Å². The van der Waals surface area contributed by atoms with Gasteiger partial charge in [-0.25, -0.2) is 0 Å². The summed E-state index contributed by atoms with van der Waals surface area (Å²) in [5, 5.41) is 8.91. The molecule has 18 heavy (non-hydrogen) atoms. The quantitative estimate of drug-likeness (QED) is 0.813. The first-order valence-corrected chi connectivity index (χ1v) is 6.60. The molecule has 0 saturated carbocycles. The number of nitriles is 1. The predicted molar refractivity (Wildman–Crippen MR) is 73.1 cm³/mol. The van der Waals surface area contributed by atoms with Crippen LogP contribution in [0.15, 0.2) is 24.3 Å². The van der Waals surface area contributed by atoms with Crippen LogP contribution in [0.25, 0.3) is 0 Å². The monoisotopic (exact) mass is 243 g/mol. The van der Waals surface area contributed by atoms with Crippen LogP contribution < -0.4 is 0 Å². The van der Waals surface area contributed by atoms with E-state index < -0.39 is 0 Å². The Morgan fingerprint density at radius 3 is 2.61 bits per heavy atom. The fraction of sp³-hybridized carbons (Fsp3) is 0.533. The zero-order valence-electron chi connectivity index (χ0n) is 11.3. The van der Waals surface area contributed by atoms with Crippen LogP contribution in [0, 0.1) is 18.3 Å². The highest BCUT2D eigenvalue weighted by atomic mass is 15.3. The number of nitrogens with zero attached hydrogens (tertiary/aromatic N) is 3. The zero-order chi connectivity index (χ0) is 13.0. The first-order valence-electron chi connectivity index (χ1n) is 6.60. The number of piperazine rings is 1. The first-order chi connectivity index (χ1) is 8.69. The first kappa shape index (κ1) is 13.1. The van der Waals surface area contributed by atoms with Crippen molar-refractivity contribution in [2.24, 2.45) is 0 Å². The van der Waals surface area contributed by atoms with Gasteiger partial charge in [-0.15, -0.1) is 0 Å². The van der Waals surface area contributed by atoms with Crippen molar-refractivity contribution < 1.29 is 0 Å². The molecule has 1 aliphatic rings. The van der Waals surface area contributed by atoms with Gasteiger partial charge >= 0.3 is 0 Å². The fourth-order valence-electron chi connectivity index (χ4n) is 2.46. The van der Waals surface area contributed by atoms with Gasteiger partial charge in [-0.3, -0.25) is 9.80 Å². The minimum Gasteiger partial charge on any atom is -0.297 e. The topological polar surface area (TPSA) is 30.3 Å². The average molecular weight is 243 g/mol. The molecule has 1 heterocycles. The molecule has 0 bridgehead atoms. The molecule has 0 spiro atoms. The van der Waals surface area contributed by atoms with Gasteiger partial charge in [0, 0.05) is 32.7 Å². The van der Waals surface area contributed by atoms with E-state index in [0.717, 1.165) is 32.7 Å². The molecule has 1 aromatic carbocycles. The van der Waals surface area contributed by atoms with Gasteiger partial charge in [0.2, 0.25) is 0 Å². The Labute approximate surface area is 110 Å². The smallest absolute Gasteiger partial charge is 0.0950 e. The Kier molecular flexibility index (Phi) is 4.35.